The van der Waals surface area contributed by atoms with E-state index in [-0.39, 0.29) is 11.6 Å². The van der Waals surface area contributed by atoms with Gasteiger partial charge in [0, 0.05) is 47.3 Å². The molecule has 3 N–H and O–H groups in total. The summed E-state index contributed by atoms with van der Waals surface area (Å²) in [6.07, 6.45) is 5.04. The van der Waals surface area contributed by atoms with E-state index in [4.69, 9.17) is 0 Å². The molecule has 180 valence electrons. The zero-order valence-electron chi connectivity index (χ0n) is 19.7. The number of amides is 1. The van der Waals surface area contributed by atoms with Crippen LogP contribution in [0.4, 0.5) is 17.1 Å². The van der Waals surface area contributed by atoms with Crippen molar-refractivity contribution >= 4 is 34.2 Å². The van der Waals surface area contributed by atoms with Gasteiger partial charge in [0.25, 0.3) is 11.6 Å². The number of aromatic amines is 1. The van der Waals surface area contributed by atoms with Crippen molar-refractivity contribution in [2.24, 2.45) is 0 Å². The third-order valence-electron chi connectivity index (χ3n) is 6.12. The van der Waals surface area contributed by atoms with Crippen molar-refractivity contribution in [3.63, 3.8) is 0 Å². The summed E-state index contributed by atoms with van der Waals surface area (Å²) in [6, 6.07) is 21.7. The molecule has 0 atom stereocenters. The van der Waals surface area contributed by atoms with Crippen molar-refractivity contribution in [2.45, 2.75) is 26.2 Å². The van der Waals surface area contributed by atoms with Gasteiger partial charge in [0.15, 0.2) is 0 Å². The van der Waals surface area contributed by atoms with Gasteiger partial charge in [-0.1, -0.05) is 55.8 Å². The maximum Gasteiger partial charge on any atom is 0.270 e. The van der Waals surface area contributed by atoms with Gasteiger partial charge < -0.3 is 15.6 Å². The summed E-state index contributed by atoms with van der Waals surface area (Å²) >= 11 is 0. The van der Waals surface area contributed by atoms with Crippen LogP contribution in [-0.2, 0) is 11.2 Å². The fraction of sp³-hybridized carbons (Fsp3) is 0.143. The molecule has 5 rings (SSSR count). The predicted molar refractivity (Wildman–Crippen MR) is 141 cm³/mol. The summed E-state index contributed by atoms with van der Waals surface area (Å²) < 4.78 is 0. The number of benzene rings is 3. The Labute approximate surface area is 208 Å². The van der Waals surface area contributed by atoms with E-state index < -0.39 is 4.92 Å². The van der Waals surface area contributed by atoms with E-state index in [1.165, 1.54) is 12.1 Å². The first-order chi connectivity index (χ1) is 17.5. The molecule has 0 spiro atoms. The number of hydrogen-bond donors (Lipinski definition) is 3. The van der Waals surface area contributed by atoms with E-state index in [0.29, 0.717) is 22.5 Å². The molecule has 0 saturated carbocycles. The number of carbonyl (C=O) groups excluding carboxylic acids is 1. The number of unbranched alkanes of at least 4 members (excludes halogenated alkanes) is 1. The number of aromatic nitrogens is 2. The number of nitrogens with zero attached hydrogens (tertiary/aromatic N) is 2. The van der Waals surface area contributed by atoms with E-state index in [1.807, 2.05) is 60.8 Å². The fourth-order valence-corrected chi connectivity index (χ4v) is 4.25. The standard InChI is InChI=1S/C28H25N5O3/c1-2-3-9-25-29-17-24(31-25)18-10-12-20(13-11-18)30-27(19-7-5-4-6-8-19)26-22-16-21(33(35)36)14-15-23(22)32-28(26)34/h4-8,10-17,30H,2-3,9H2,1H3,(H,29,31)(H,32,34). The molecule has 8 nitrogen and oxygen atoms in total. The first-order valence-corrected chi connectivity index (χ1v) is 11.8. The van der Waals surface area contributed by atoms with E-state index in [2.05, 4.69) is 27.5 Å². The SMILES string of the molecule is CCCCc1nc(-c2ccc(NC(=C3C(=O)Nc4ccc([N+](=O)[O-])cc43)c3ccccc3)cc2)c[nH]1. The predicted octanol–water partition coefficient (Wildman–Crippen LogP) is 6.26. The molecule has 0 saturated heterocycles. The second-order valence-electron chi connectivity index (χ2n) is 8.60. The maximum atomic E-state index is 13.0. The number of nitrogens with one attached hydrogen (secondary N) is 3. The lowest BCUT2D eigenvalue weighted by Crippen LogP contribution is -2.10. The molecular formula is C28H25N5O3. The van der Waals surface area contributed by atoms with Crippen LogP contribution in [0.2, 0.25) is 0 Å². The normalized spacial score (nSPS) is 13.8. The first-order valence-electron chi connectivity index (χ1n) is 11.8. The molecule has 0 fully saturated rings. The Morgan fingerprint density at radius 1 is 1.06 bits per heavy atom. The highest BCUT2D eigenvalue weighted by atomic mass is 16.6. The van der Waals surface area contributed by atoms with Gasteiger partial charge in [0.1, 0.15) is 5.82 Å². The average molecular weight is 480 g/mol. The molecular weight excluding hydrogens is 454 g/mol. The lowest BCUT2D eigenvalue weighted by atomic mass is 9.99. The molecule has 4 aromatic rings. The molecule has 36 heavy (non-hydrogen) atoms. The van der Waals surface area contributed by atoms with Crippen LogP contribution in [0.25, 0.3) is 22.5 Å². The zero-order valence-corrected chi connectivity index (χ0v) is 19.7. The number of rotatable bonds is 8. The number of carbonyl (C=O) groups is 1. The topological polar surface area (TPSA) is 113 Å². The number of fused-ring (bicyclic) bond motifs is 1. The monoisotopic (exact) mass is 479 g/mol. The van der Waals surface area contributed by atoms with E-state index in [9.17, 15) is 14.9 Å². The van der Waals surface area contributed by atoms with E-state index in [1.54, 1.807) is 6.07 Å². The number of non-ortho nitro benzene ring substituents is 1. The van der Waals surface area contributed by atoms with Gasteiger partial charge in [-0.2, -0.15) is 0 Å². The minimum Gasteiger partial charge on any atom is -0.354 e. The second-order valence-corrected chi connectivity index (χ2v) is 8.60. The lowest BCUT2D eigenvalue weighted by molar-refractivity contribution is -0.384. The smallest absolute Gasteiger partial charge is 0.270 e. The number of nitro groups is 1. The van der Waals surface area contributed by atoms with Gasteiger partial charge in [-0.15, -0.1) is 0 Å². The summed E-state index contributed by atoms with van der Waals surface area (Å²) in [4.78, 5) is 31.9. The van der Waals surface area contributed by atoms with Crippen molar-refractivity contribution in [3.8, 4) is 11.3 Å². The highest BCUT2D eigenvalue weighted by Crippen LogP contribution is 2.39. The van der Waals surface area contributed by atoms with Crippen LogP contribution < -0.4 is 10.6 Å². The summed E-state index contributed by atoms with van der Waals surface area (Å²) in [6.45, 7) is 2.16. The second kappa shape index (κ2) is 9.87. The molecule has 1 aliphatic rings. The Morgan fingerprint density at radius 2 is 1.83 bits per heavy atom. The van der Waals surface area contributed by atoms with Gasteiger partial charge in [0.05, 0.1) is 21.9 Å². The van der Waals surface area contributed by atoms with Crippen molar-refractivity contribution < 1.29 is 9.72 Å². The highest BCUT2D eigenvalue weighted by molar-refractivity contribution is 6.37. The van der Waals surface area contributed by atoms with Crippen molar-refractivity contribution in [1.82, 2.24) is 9.97 Å². The maximum absolute atomic E-state index is 13.0. The fourth-order valence-electron chi connectivity index (χ4n) is 4.25. The number of hydrogen-bond acceptors (Lipinski definition) is 5. The Kier molecular flexibility index (Phi) is 6.32. The zero-order chi connectivity index (χ0) is 25.1. The average Bonchev–Trinajstić information content (AvgIpc) is 3.50. The van der Waals surface area contributed by atoms with Crippen LogP contribution in [0.5, 0.6) is 0 Å². The van der Waals surface area contributed by atoms with Crippen molar-refractivity contribution in [3.05, 3.63) is 106 Å². The molecule has 2 heterocycles. The third-order valence-corrected chi connectivity index (χ3v) is 6.12. The molecule has 1 aliphatic heterocycles. The van der Waals surface area contributed by atoms with Crippen LogP contribution in [0.1, 0.15) is 36.7 Å². The van der Waals surface area contributed by atoms with Gasteiger partial charge in [-0.05, 0) is 30.2 Å². The van der Waals surface area contributed by atoms with Crippen molar-refractivity contribution in [2.75, 3.05) is 10.6 Å². The molecule has 1 aromatic heterocycles. The number of imidazole rings is 1. The van der Waals surface area contributed by atoms with E-state index in [0.717, 1.165) is 47.6 Å². The lowest BCUT2D eigenvalue weighted by Gasteiger charge is -2.15. The molecule has 1 amide bonds. The summed E-state index contributed by atoms with van der Waals surface area (Å²) in [5.41, 5.74) is 5.32. The van der Waals surface area contributed by atoms with Crippen LogP contribution in [0.3, 0.4) is 0 Å². The summed E-state index contributed by atoms with van der Waals surface area (Å²) in [5, 5.41) is 17.6. The van der Waals surface area contributed by atoms with Crippen LogP contribution in [0.15, 0.2) is 79.0 Å². The number of aryl methyl sites for hydroxylation is 1. The Balaban J connectivity index is 1.51. The molecule has 8 heteroatoms. The number of nitro benzene ring substituents is 1. The highest BCUT2D eigenvalue weighted by Gasteiger charge is 2.30. The summed E-state index contributed by atoms with van der Waals surface area (Å²) in [7, 11) is 0. The number of H-pyrrole nitrogens is 1. The van der Waals surface area contributed by atoms with Crippen LogP contribution >= 0.6 is 0 Å². The van der Waals surface area contributed by atoms with E-state index >= 15 is 0 Å². The van der Waals surface area contributed by atoms with Crippen LogP contribution in [-0.4, -0.2) is 20.8 Å². The number of anilines is 2. The third kappa shape index (κ3) is 4.61. The van der Waals surface area contributed by atoms with Crippen LogP contribution in [0, 0.1) is 10.1 Å². The van der Waals surface area contributed by atoms with Gasteiger partial charge in [-0.25, -0.2) is 4.98 Å². The Morgan fingerprint density at radius 3 is 2.56 bits per heavy atom. The van der Waals surface area contributed by atoms with Gasteiger partial charge in [-0.3, -0.25) is 14.9 Å². The first kappa shape index (κ1) is 23.0. The molecule has 0 unspecified atom stereocenters. The molecule has 0 aliphatic carbocycles. The minimum absolute atomic E-state index is 0.0724. The molecule has 0 radical (unpaired) electrons. The minimum atomic E-state index is -0.461. The Hall–Kier alpha value is -4.72. The summed E-state index contributed by atoms with van der Waals surface area (Å²) in [5.74, 6) is 0.662. The quantitative estimate of drug-likeness (QED) is 0.157. The Bertz CT molecular complexity index is 1460. The van der Waals surface area contributed by atoms with Gasteiger partial charge in [0.2, 0.25) is 0 Å². The largest absolute Gasteiger partial charge is 0.354 e. The molecule has 0 bridgehead atoms. The molecule has 3 aromatic carbocycles. The van der Waals surface area contributed by atoms with Crippen molar-refractivity contribution in [1.29, 1.82) is 0 Å². The van der Waals surface area contributed by atoms with Gasteiger partial charge >= 0.3 is 0 Å².